The second-order valence-corrected chi connectivity index (χ2v) is 5.43. The fourth-order valence-corrected chi connectivity index (χ4v) is 2.59. The maximum Gasteiger partial charge on any atom is 0.342 e. The van der Waals surface area contributed by atoms with Gasteiger partial charge in [-0.05, 0) is 36.8 Å². The van der Waals surface area contributed by atoms with E-state index < -0.39 is 11.5 Å². The van der Waals surface area contributed by atoms with Crippen LogP contribution in [0.1, 0.15) is 23.3 Å². The number of nitrogens with zero attached hydrogens (tertiary/aromatic N) is 1. The Balaban J connectivity index is 0.00000208. The highest BCUT2D eigenvalue weighted by molar-refractivity contribution is 6.30. The molecule has 1 aliphatic carbocycles. The molecule has 0 bridgehead atoms. The van der Waals surface area contributed by atoms with Gasteiger partial charge < -0.3 is 9.94 Å². The highest BCUT2D eigenvalue weighted by Crippen LogP contribution is 2.27. The molecule has 1 aliphatic heterocycles. The van der Waals surface area contributed by atoms with Crippen LogP contribution in [0.3, 0.4) is 0 Å². The predicted octanol–water partition coefficient (Wildman–Crippen LogP) is 4.09. The number of benzene rings is 1. The molecule has 1 aromatic carbocycles. The lowest BCUT2D eigenvalue weighted by molar-refractivity contribution is 0.0694. The molecule has 1 heterocycles. The maximum atomic E-state index is 12.4. The Labute approximate surface area is 144 Å². The third-order valence-corrected chi connectivity index (χ3v) is 3.68. The van der Waals surface area contributed by atoms with Gasteiger partial charge in [-0.15, -0.1) is 4.73 Å². The number of fused-ring (bicyclic) bond motifs is 1. The summed E-state index contributed by atoms with van der Waals surface area (Å²) in [4.78, 5) is 29.5. The average Bonchev–Trinajstić information content (AvgIpc) is 2.64. The van der Waals surface area contributed by atoms with Crippen molar-refractivity contribution in [3.8, 4) is 17.0 Å². The van der Waals surface area contributed by atoms with E-state index in [2.05, 4.69) is 0 Å². The molecular weight excluding hydrogens is 330 g/mol. The van der Waals surface area contributed by atoms with Gasteiger partial charge in [-0.2, -0.15) is 0 Å². The molecule has 0 radical (unpaired) electrons. The minimum absolute atomic E-state index is 0. The summed E-state index contributed by atoms with van der Waals surface area (Å²) in [5.74, 6) is -0.867. The van der Waals surface area contributed by atoms with Crippen molar-refractivity contribution in [1.29, 1.82) is 0 Å². The van der Waals surface area contributed by atoms with Gasteiger partial charge >= 0.3 is 5.97 Å². The normalized spacial score (nSPS) is 10.2. The molecule has 0 fully saturated rings. The molecule has 0 unspecified atom stereocenters. The lowest BCUT2D eigenvalue weighted by Gasteiger charge is -2.10. The highest BCUT2D eigenvalue weighted by Gasteiger charge is 2.26. The molecule has 0 saturated heterocycles. The summed E-state index contributed by atoms with van der Waals surface area (Å²) in [5, 5.41) is 9.88. The van der Waals surface area contributed by atoms with E-state index in [0.717, 1.165) is 10.3 Å². The summed E-state index contributed by atoms with van der Waals surface area (Å²) in [6.07, 6.45) is 0. The van der Waals surface area contributed by atoms with Gasteiger partial charge in [-0.3, -0.25) is 4.79 Å². The first-order chi connectivity index (χ1) is 11.0. The Morgan fingerprint density at radius 2 is 1.88 bits per heavy atom. The van der Waals surface area contributed by atoms with Crippen LogP contribution in [0.2, 0.25) is 5.02 Å². The van der Waals surface area contributed by atoms with E-state index in [1.807, 2.05) is 0 Å². The number of carbonyl (C=O) groups is 1. The number of aryl methyl sites for hydroxylation is 1. The molecule has 3 rings (SSSR count). The zero-order chi connectivity index (χ0) is 16.6. The summed E-state index contributed by atoms with van der Waals surface area (Å²) in [6.45, 7) is 1.79. The number of hydrogen-bond acceptors (Lipinski definition) is 3. The Morgan fingerprint density at radius 3 is 2.54 bits per heavy atom. The van der Waals surface area contributed by atoms with Gasteiger partial charge in [0, 0.05) is 10.6 Å². The lowest BCUT2D eigenvalue weighted by atomic mass is 10.1. The van der Waals surface area contributed by atoms with Gasteiger partial charge in [0.2, 0.25) is 0 Å². The van der Waals surface area contributed by atoms with Crippen molar-refractivity contribution in [3.05, 3.63) is 75.0 Å². The van der Waals surface area contributed by atoms with Gasteiger partial charge in [-0.25, -0.2) is 4.79 Å². The molecule has 124 valence electrons. The van der Waals surface area contributed by atoms with Crippen molar-refractivity contribution in [2.24, 2.45) is 0 Å². The van der Waals surface area contributed by atoms with Gasteiger partial charge in [0.1, 0.15) is 5.56 Å². The average molecular weight is 346 g/mol. The number of rotatable bonds is 3. The van der Waals surface area contributed by atoms with Crippen LogP contribution in [0.4, 0.5) is 0 Å². The summed E-state index contributed by atoms with van der Waals surface area (Å²) in [5.41, 5.74) is 0.401. The first-order valence-corrected chi connectivity index (χ1v) is 7.18. The first-order valence-electron chi connectivity index (χ1n) is 6.80. The van der Waals surface area contributed by atoms with E-state index in [4.69, 9.17) is 16.4 Å². The summed E-state index contributed by atoms with van der Waals surface area (Å²) < 4.78 is 0.995. The van der Waals surface area contributed by atoms with Crippen molar-refractivity contribution >= 4 is 17.6 Å². The van der Waals surface area contributed by atoms with Crippen molar-refractivity contribution in [3.63, 3.8) is 0 Å². The van der Waals surface area contributed by atoms with E-state index in [9.17, 15) is 14.7 Å². The Morgan fingerprint density at radius 1 is 1.17 bits per heavy atom. The number of aromatic nitrogens is 1. The highest BCUT2D eigenvalue weighted by atomic mass is 35.5. The lowest BCUT2D eigenvalue weighted by Crippen LogP contribution is -2.24. The van der Waals surface area contributed by atoms with E-state index in [1.165, 1.54) is 0 Å². The molecule has 6 heteroatoms. The topological polar surface area (TPSA) is 68.5 Å². The molecule has 0 amide bonds. The summed E-state index contributed by atoms with van der Waals surface area (Å²) in [6, 6.07) is 13.3. The molecule has 0 saturated carbocycles. The first kappa shape index (κ1) is 17.6. The van der Waals surface area contributed by atoms with E-state index >= 15 is 0 Å². The Hall–Kier alpha value is -2.79. The molecule has 1 N–H and O–H groups in total. The van der Waals surface area contributed by atoms with Crippen molar-refractivity contribution in [1.82, 2.24) is 4.73 Å². The number of carboxylic acid groups (broad SMARTS) is 1. The third-order valence-electron chi connectivity index (χ3n) is 3.44. The largest absolute Gasteiger partial charge is 0.477 e. The van der Waals surface area contributed by atoms with E-state index in [-0.39, 0.29) is 13.0 Å². The fourth-order valence-electron chi connectivity index (χ4n) is 2.36. The zero-order valence-electron chi connectivity index (χ0n) is 12.1. The Kier molecular flexibility index (Phi) is 4.95. The monoisotopic (exact) mass is 345 g/mol. The van der Waals surface area contributed by atoms with Gasteiger partial charge in [-0.1, -0.05) is 43.3 Å². The van der Waals surface area contributed by atoms with Crippen LogP contribution in [0.25, 0.3) is 11.3 Å². The van der Waals surface area contributed by atoms with Gasteiger partial charge in [0.25, 0.3) is 5.56 Å². The number of carboxylic acids is 1. The third kappa shape index (κ3) is 2.98. The van der Waals surface area contributed by atoms with Crippen LogP contribution in [0.15, 0.2) is 53.3 Å². The van der Waals surface area contributed by atoms with E-state index in [0.29, 0.717) is 22.0 Å². The smallest absolute Gasteiger partial charge is 0.342 e. The van der Waals surface area contributed by atoms with Crippen molar-refractivity contribution in [2.45, 2.75) is 14.4 Å². The van der Waals surface area contributed by atoms with Crippen LogP contribution >= 0.6 is 11.6 Å². The molecule has 5 nitrogen and oxygen atoms in total. The molecule has 24 heavy (non-hydrogen) atoms. The standard InChI is InChI=1S/C17H12ClNO4.CH4/c1-10-9-11(18)7-8-14(10)23-19-13-6-4-2-3-5-12(13)15(16(19)20)17(21)22;/h2-9H,1H3,(H,21,22);1H4. The molecule has 0 atom stereocenters. The molecule has 0 spiro atoms. The second kappa shape index (κ2) is 6.76. The van der Waals surface area contributed by atoms with E-state index in [1.54, 1.807) is 55.5 Å². The maximum absolute atomic E-state index is 12.4. The summed E-state index contributed by atoms with van der Waals surface area (Å²) in [7, 11) is 0. The van der Waals surface area contributed by atoms with Crippen LogP contribution < -0.4 is 10.4 Å². The van der Waals surface area contributed by atoms with Gasteiger partial charge in [0.15, 0.2) is 5.75 Å². The number of aromatic carboxylic acids is 1. The molecule has 1 aromatic rings. The quantitative estimate of drug-likeness (QED) is 0.776. The molecule has 0 aromatic heterocycles. The molecular formula is C18H16ClNO4. The Bertz CT molecular complexity index is 933. The summed E-state index contributed by atoms with van der Waals surface area (Å²) >= 11 is 5.91. The van der Waals surface area contributed by atoms with Crippen LogP contribution in [0, 0.1) is 6.92 Å². The van der Waals surface area contributed by atoms with Crippen molar-refractivity contribution < 1.29 is 14.7 Å². The van der Waals surface area contributed by atoms with Crippen LogP contribution in [0.5, 0.6) is 5.75 Å². The minimum Gasteiger partial charge on any atom is -0.477 e. The van der Waals surface area contributed by atoms with Crippen LogP contribution in [-0.4, -0.2) is 15.8 Å². The zero-order valence-corrected chi connectivity index (χ0v) is 12.9. The minimum atomic E-state index is -1.29. The number of hydrogen-bond donors (Lipinski definition) is 1. The van der Waals surface area contributed by atoms with Crippen LogP contribution in [-0.2, 0) is 0 Å². The van der Waals surface area contributed by atoms with Crippen molar-refractivity contribution in [2.75, 3.05) is 0 Å². The second-order valence-electron chi connectivity index (χ2n) is 4.99. The fraction of sp³-hybridized carbons (Fsp3) is 0.111. The predicted molar refractivity (Wildman–Crippen MR) is 93.2 cm³/mol. The SMILES string of the molecule is C.Cc1cc(Cl)ccc1On1c2cccccc-2c(C(=O)O)c1=O. The van der Waals surface area contributed by atoms with Gasteiger partial charge in [0.05, 0.1) is 5.69 Å². The molecule has 2 aliphatic rings. The number of halogens is 1.